The second-order valence-electron chi connectivity index (χ2n) is 5.15. The molecule has 3 aromatic rings. The number of aromatic nitrogens is 3. The van der Waals surface area contributed by atoms with Crippen LogP contribution in [0.3, 0.4) is 0 Å². The maximum absolute atomic E-state index is 14.1. The van der Waals surface area contributed by atoms with E-state index in [-0.39, 0.29) is 23.7 Å². The van der Waals surface area contributed by atoms with Gasteiger partial charge in [-0.1, -0.05) is 12.1 Å². The Kier molecular flexibility index (Phi) is 4.46. The maximum atomic E-state index is 14.1. The van der Waals surface area contributed by atoms with Crippen molar-refractivity contribution in [2.45, 2.75) is 6.42 Å². The SMILES string of the molecule is O=C(Cc1ccc([N+](=O)[O-])cc1)Nc1ccc(-n2cncn2)c(F)c1. The lowest BCUT2D eigenvalue weighted by molar-refractivity contribution is -0.384. The number of nitro groups is 1. The van der Waals surface area contributed by atoms with Crippen molar-refractivity contribution in [1.82, 2.24) is 14.8 Å². The molecule has 1 amide bonds. The summed E-state index contributed by atoms with van der Waals surface area (Å²) in [6.07, 6.45) is 2.68. The van der Waals surface area contributed by atoms with E-state index in [0.29, 0.717) is 11.3 Å². The third kappa shape index (κ3) is 3.83. The fourth-order valence-electron chi connectivity index (χ4n) is 2.23. The van der Waals surface area contributed by atoms with Gasteiger partial charge in [-0.05, 0) is 23.8 Å². The summed E-state index contributed by atoms with van der Waals surface area (Å²) in [5, 5.41) is 17.0. The summed E-state index contributed by atoms with van der Waals surface area (Å²) in [6, 6.07) is 9.88. The Morgan fingerprint density at radius 1 is 1.24 bits per heavy atom. The fourth-order valence-corrected chi connectivity index (χ4v) is 2.23. The monoisotopic (exact) mass is 341 g/mol. The van der Waals surface area contributed by atoms with Crippen molar-refractivity contribution < 1.29 is 14.1 Å². The van der Waals surface area contributed by atoms with Gasteiger partial charge in [-0.25, -0.2) is 14.1 Å². The van der Waals surface area contributed by atoms with Crippen molar-refractivity contribution in [3.63, 3.8) is 0 Å². The van der Waals surface area contributed by atoms with E-state index < -0.39 is 10.7 Å². The summed E-state index contributed by atoms with van der Waals surface area (Å²) in [7, 11) is 0. The molecule has 8 nitrogen and oxygen atoms in total. The predicted molar refractivity (Wildman–Crippen MR) is 86.7 cm³/mol. The van der Waals surface area contributed by atoms with Crippen molar-refractivity contribution in [2.24, 2.45) is 0 Å². The normalized spacial score (nSPS) is 10.4. The molecule has 25 heavy (non-hydrogen) atoms. The summed E-state index contributed by atoms with van der Waals surface area (Å²) in [5.41, 5.74) is 1.08. The minimum atomic E-state index is -0.557. The predicted octanol–water partition coefficient (Wildman–Crippen LogP) is 2.50. The number of carbonyl (C=O) groups excluding carboxylic acids is 1. The maximum Gasteiger partial charge on any atom is 0.269 e. The van der Waals surface area contributed by atoms with E-state index >= 15 is 0 Å². The van der Waals surface area contributed by atoms with Gasteiger partial charge in [0.25, 0.3) is 5.69 Å². The molecule has 3 rings (SSSR count). The Balaban J connectivity index is 1.66. The lowest BCUT2D eigenvalue weighted by atomic mass is 10.1. The van der Waals surface area contributed by atoms with Gasteiger partial charge in [-0.2, -0.15) is 5.10 Å². The first-order valence-corrected chi connectivity index (χ1v) is 7.20. The number of carbonyl (C=O) groups is 1. The van der Waals surface area contributed by atoms with E-state index in [1.165, 1.54) is 53.7 Å². The second-order valence-corrected chi connectivity index (χ2v) is 5.15. The molecule has 0 aliphatic rings. The highest BCUT2D eigenvalue weighted by Gasteiger charge is 2.10. The van der Waals surface area contributed by atoms with Gasteiger partial charge in [0.05, 0.1) is 11.3 Å². The Labute approximate surface area is 141 Å². The molecular weight excluding hydrogens is 329 g/mol. The van der Waals surface area contributed by atoms with E-state index in [4.69, 9.17) is 0 Å². The van der Waals surface area contributed by atoms with Crippen LogP contribution >= 0.6 is 0 Å². The molecule has 0 aliphatic carbocycles. The van der Waals surface area contributed by atoms with Crippen LogP contribution in [0.1, 0.15) is 5.56 Å². The molecule has 2 aromatic carbocycles. The van der Waals surface area contributed by atoms with Gasteiger partial charge in [-0.15, -0.1) is 0 Å². The molecule has 0 aliphatic heterocycles. The van der Waals surface area contributed by atoms with Gasteiger partial charge in [0.1, 0.15) is 18.3 Å². The van der Waals surface area contributed by atoms with Gasteiger partial charge >= 0.3 is 0 Å². The summed E-state index contributed by atoms with van der Waals surface area (Å²) in [5.74, 6) is -0.916. The number of nitrogens with zero attached hydrogens (tertiary/aromatic N) is 4. The van der Waals surface area contributed by atoms with E-state index in [0.717, 1.165) is 0 Å². The number of hydrogen-bond acceptors (Lipinski definition) is 5. The van der Waals surface area contributed by atoms with Crippen LogP contribution in [0.25, 0.3) is 5.69 Å². The first-order chi connectivity index (χ1) is 12.0. The third-order valence-corrected chi connectivity index (χ3v) is 3.41. The Hall–Kier alpha value is -3.62. The number of nitrogens with one attached hydrogen (secondary N) is 1. The zero-order valence-electron chi connectivity index (χ0n) is 12.8. The quantitative estimate of drug-likeness (QED) is 0.567. The topological polar surface area (TPSA) is 103 Å². The van der Waals surface area contributed by atoms with Crippen LogP contribution in [-0.4, -0.2) is 25.6 Å². The molecule has 1 aromatic heterocycles. The molecule has 0 atom stereocenters. The highest BCUT2D eigenvalue weighted by Crippen LogP contribution is 2.18. The molecule has 0 bridgehead atoms. The van der Waals surface area contributed by atoms with E-state index in [2.05, 4.69) is 15.4 Å². The van der Waals surface area contributed by atoms with Crippen LogP contribution in [-0.2, 0) is 11.2 Å². The van der Waals surface area contributed by atoms with Crippen molar-refractivity contribution in [1.29, 1.82) is 0 Å². The largest absolute Gasteiger partial charge is 0.326 e. The highest BCUT2D eigenvalue weighted by atomic mass is 19.1. The number of halogens is 1. The summed E-state index contributed by atoms with van der Waals surface area (Å²) < 4.78 is 15.4. The van der Waals surface area contributed by atoms with Gasteiger partial charge in [-0.3, -0.25) is 14.9 Å². The summed E-state index contributed by atoms with van der Waals surface area (Å²) in [4.78, 5) is 25.9. The van der Waals surface area contributed by atoms with Crippen LogP contribution < -0.4 is 5.32 Å². The van der Waals surface area contributed by atoms with Gasteiger partial charge in [0.15, 0.2) is 5.82 Å². The number of non-ortho nitro benzene ring substituents is 1. The van der Waals surface area contributed by atoms with E-state index in [1.54, 1.807) is 6.07 Å². The number of hydrogen-bond donors (Lipinski definition) is 1. The Morgan fingerprint density at radius 2 is 2.00 bits per heavy atom. The number of nitro benzene ring substituents is 1. The summed E-state index contributed by atoms with van der Waals surface area (Å²) in [6.45, 7) is 0. The average molecular weight is 341 g/mol. The first-order valence-electron chi connectivity index (χ1n) is 7.20. The average Bonchev–Trinajstić information content (AvgIpc) is 3.09. The standard InChI is InChI=1S/C16H12FN5O3/c17-14-8-12(3-6-15(14)21-10-18-9-19-21)20-16(23)7-11-1-4-13(5-2-11)22(24)25/h1-6,8-10H,7H2,(H,20,23). The van der Waals surface area contributed by atoms with Gasteiger partial charge in [0.2, 0.25) is 5.91 Å². The lowest BCUT2D eigenvalue weighted by Crippen LogP contribution is -2.14. The molecule has 0 spiro atoms. The molecule has 1 heterocycles. The Morgan fingerprint density at radius 3 is 2.60 bits per heavy atom. The van der Waals surface area contributed by atoms with Crippen molar-refractivity contribution in [2.75, 3.05) is 5.32 Å². The number of amides is 1. The molecule has 0 unspecified atom stereocenters. The number of anilines is 1. The van der Waals surface area contributed by atoms with Crippen LogP contribution in [0.4, 0.5) is 15.8 Å². The van der Waals surface area contributed by atoms with E-state index in [9.17, 15) is 19.3 Å². The molecule has 0 radical (unpaired) electrons. The van der Waals surface area contributed by atoms with Crippen molar-refractivity contribution >= 4 is 17.3 Å². The molecule has 0 fully saturated rings. The number of rotatable bonds is 5. The van der Waals surface area contributed by atoms with Crippen LogP contribution in [0.15, 0.2) is 55.1 Å². The Bertz CT molecular complexity index is 910. The van der Waals surface area contributed by atoms with E-state index in [1.807, 2.05) is 0 Å². The highest BCUT2D eigenvalue weighted by molar-refractivity contribution is 5.92. The molecule has 0 saturated heterocycles. The van der Waals surface area contributed by atoms with Crippen LogP contribution in [0.2, 0.25) is 0 Å². The van der Waals surface area contributed by atoms with Crippen molar-refractivity contribution in [3.8, 4) is 5.69 Å². The van der Waals surface area contributed by atoms with Crippen LogP contribution in [0.5, 0.6) is 0 Å². The zero-order chi connectivity index (χ0) is 17.8. The minimum absolute atomic E-state index is 0.0183. The van der Waals surface area contributed by atoms with Gasteiger partial charge < -0.3 is 5.32 Å². The minimum Gasteiger partial charge on any atom is -0.326 e. The van der Waals surface area contributed by atoms with Crippen LogP contribution in [0, 0.1) is 15.9 Å². The fraction of sp³-hybridized carbons (Fsp3) is 0.0625. The smallest absolute Gasteiger partial charge is 0.269 e. The number of benzene rings is 2. The molecular formula is C16H12FN5O3. The molecule has 126 valence electrons. The second kappa shape index (κ2) is 6.87. The summed E-state index contributed by atoms with van der Waals surface area (Å²) >= 11 is 0. The molecule has 9 heteroatoms. The zero-order valence-corrected chi connectivity index (χ0v) is 12.8. The third-order valence-electron chi connectivity index (χ3n) is 3.41. The van der Waals surface area contributed by atoms with Crippen molar-refractivity contribution in [3.05, 3.63) is 76.6 Å². The van der Waals surface area contributed by atoms with Gasteiger partial charge in [0, 0.05) is 17.8 Å². The molecule has 0 saturated carbocycles. The first kappa shape index (κ1) is 16.2. The molecule has 1 N–H and O–H groups in total. The lowest BCUT2D eigenvalue weighted by Gasteiger charge is -2.08.